The smallest absolute Gasteiger partial charge is 0.387 e. The van der Waals surface area contributed by atoms with Gasteiger partial charge in [-0.1, -0.05) is 12.1 Å². The van der Waals surface area contributed by atoms with Crippen LogP contribution in [0.15, 0.2) is 36.7 Å². The first-order chi connectivity index (χ1) is 13.4. The van der Waals surface area contributed by atoms with Crippen molar-refractivity contribution in [1.82, 2.24) is 24.7 Å². The molecule has 7 nitrogen and oxygen atoms in total. The van der Waals surface area contributed by atoms with E-state index in [0.717, 1.165) is 31.0 Å². The number of nitrogens with zero attached hydrogens (tertiary/aromatic N) is 4. The molecule has 0 saturated carbocycles. The fourth-order valence-corrected chi connectivity index (χ4v) is 3.32. The lowest BCUT2D eigenvalue weighted by atomic mass is 10.1. The molecular weight excluding hydrogens is 368 g/mol. The van der Waals surface area contributed by atoms with Crippen LogP contribution < -0.4 is 10.1 Å². The number of nitrogens with one attached hydrogen (secondary N) is 1. The first-order valence-corrected chi connectivity index (χ1v) is 9.13. The number of ether oxygens (including phenoxy) is 1. The van der Waals surface area contributed by atoms with Crippen molar-refractivity contribution in [1.29, 1.82) is 0 Å². The third-order valence-electron chi connectivity index (χ3n) is 4.84. The maximum atomic E-state index is 12.7. The Kier molecular flexibility index (Phi) is 6.58. The summed E-state index contributed by atoms with van der Waals surface area (Å²) in [6, 6.07) is 6.36. The SMILES string of the molecule is CN(Cc1ccc(OC(F)F)cc1)C(=O)CN1CCNCC1c1nccn1C. The van der Waals surface area contributed by atoms with E-state index < -0.39 is 6.61 Å². The standard InChI is InChI=1S/C19H25F2N5O2/c1-24-9-8-23-18(24)16-11-22-7-10-26(16)13-17(27)25(2)12-14-3-5-15(6-4-14)28-19(20)21/h3-6,8-9,16,19,22H,7,10-13H2,1-2H3. The van der Waals surface area contributed by atoms with E-state index in [9.17, 15) is 13.6 Å². The van der Waals surface area contributed by atoms with Gasteiger partial charge in [-0.25, -0.2) is 4.98 Å². The molecule has 3 rings (SSSR count). The van der Waals surface area contributed by atoms with E-state index in [2.05, 4.69) is 19.9 Å². The Bertz CT molecular complexity index is 781. The number of imidazole rings is 1. The number of halogens is 2. The number of carbonyl (C=O) groups is 1. The second kappa shape index (κ2) is 9.11. The summed E-state index contributed by atoms with van der Waals surface area (Å²) in [6.45, 7) is 0.170. The van der Waals surface area contributed by atoms with Crippen LogP contribution in [0.5, 0.6) is 5.75 Å². The lowest BCUT2D eigenvalue weighted by molar-refractivity contribution is -0.132. The highest BCUT2D eigenvalue weighted by molar-refractivity contribution is 5.78. The molecule has 1 aromatic carbocycles. The van der Waals surface area contributed by atoms with Crippen LogP contribution in [0.1, 0.15) is 17.4 Å². The summed E-state index contributed by atoms with van der Waals surface area (Å²) < 4.78 is 30.8. The summed E-state index contributed by atoms with van der Waals surface area (Å²) in [5.41, 5.74) is 0.846. The van der Waals surface area contributed by atoms with Gasteiger partial charge >= 0.3 is 6.61 Å². The van der Waals surface area contributed by atoms with Crippen LogP contribution in [0.4, 0.5) is 8.78 Å². The van der Waals surface area contributed by atoms with Crippen molar-refractivity contribution in [3.05, 3.63) is 48.0 Å². The average Bonchev–Trinajstić information content (AvgIpc) is 3.09. The van der Waals surface area contributed by atoms with Gasteiger partial charge in [0.05, 0.1) is 12.6 Å². The molecule has 1 fully saturated rings. The highest BCUT2D eigenvalue weighted by atomic mass is 19.3. The third kappa shape index (κ3) is 5.05. The minimum Gasteiger partial charge on any atom is -0.435 e. The van der Waals surface area contributed by atoms with Gasteiger partial charge in [0.15, 0.2) is 0 Å². The highest BCUT2D eigenvalue weighted by Crippen LogP contribution is 2.21. The molecule has 1 atom stereocenters. The third-order valence-corrected chi connectivity index (χ3v) is 4.84. The molecule has 1 aliphatic heterocycles. The molecule has 2 heterocycles. The number of hydrogen-bond acceptors (Lipinski definition) is 5. The summed E-state index contributed by atoms with van der Waals surface area (Å²) in [7, 11) is 3.69. The number of carbonyl (C=O) groups excluding carboxylic acids is 1. The van der Waals surface area contributed by atoms with Crippen molar-refractivity contribution in [2.24, 2.45) is 7.05 Å². The van der Waals surface area contributed by atoms with E-state index >= 15 is 0 Å². The average molecular weight is 393 g/mol. The first kappa shape index (κ1) is 20.2. The Balaban J connectivity index is 1.59. The topological polar surface area (TPSA) is 62.6 Å². The molecule has 2 aromatic rings. The number of hydrogen-bond donors (Lipinski definition) is 1. The van der Waals surface area contributed by atoms with Crippen molar-refractivity contribution in [3.63, 3.8) is 0 Å². The molecular formula is C19H25F2N5O2. The molecule has 1 amide bonds. The zero-order valence-corrected chi connectivity index (χ0v) is 16.0. The van der Waals surface area contributed by atoms with Gasteiger partial charge in [0.2, 0.25) is 5.91 Å². The van der Waals surface area contributed by atoms with E-state index in [1.165, 1.54) is 12.1 Å². The lowest BCUT2D eigenvalue weighted by Crippen LogP contribution is -2.50. The monoisotopic (exact) mass is 393 g/mol. The van der Waals surface area contributed by atoms with E-state index in [1.54, 1.807) is 30.3 Å². The molecule has 0 radical (unpaired) electrons. The minimum atomic E-state index is -2.85. The molecule has 0 aliphatic carbocycles. The molecule has 9 heteroatoms. The molecule has 1 saturated heterocycles. The Morgan fingerprint density at radius 1 is 1.39 bits per heavy atom. The van der Waals surface area contributed by atoms with Crippen LogP contribution >= 0.6 is 0 Å². The van der Waals surface area contributed by atoms with Crippen LogP contribution in [0.2, 0.25) is 0 Å². The van der Waals surface area contributed by atoms with Crippen molar-refractivity contribution in [3.8, 4) is 5.75 Å². The summed E-state index contributed by atoms with van der Waals surface area (Å²) in [6.07, 6.45) is 3.66. The largest absolute Gasteiger partial charge is 0.435 e. The van der Waals surface area contributed by atoms with Crippen LogP contribution in [-0.2, 0) is 18.4 Å². The van der Waals surface area contributed by atoms with Crippen LogP contribution in [0.25, 0.3) is 0 Å². The van der Waals surface area contributed by atoms with Gasteiger partial charge in [0.1, 0.15) is 11.6 Å². The van der Waals surface area contributed by atoms with Gasteiger partial charge in [0.25, 0.3) is 0 Å². The zero-order valence-electron chi connectivity index (χ0n) is 16.0. The van der Waals surface area contributed by atoms with Gasteiger partial charge in [-0.3, -0.25) is 9.69 Å². The van der Waals surface area contributed by atoms with Gasteiger partial charge in [-0.05, 0) is 17.7 Å². The number of amides is 1. The van der Waals surface area contributed by atoms with Crippen LogP contribution in [0.3, 0.4) is 0 Å². The maximum absolute atomic E-state index is 12.7. The van der Waals surface area contributed by atoms with E-state index in [4.69, 9.17) is 0 Å². The predicted molar refractivity (Wildman–Crippen MR) is 99.9 cm³/mol. The summed E-state index contributed by atoms with van der Waals surface area (Å²) >= 11 is 0. The normalized spacial score (nSPS) is 17.7. The van der Waals surface area contributed by atoms with E-state index in [1.807, 2.05) is 17.8 Å². The maximum Gasteiger partial charge on any atom is 0.387 e. The van der Waals surface area contributed by atoms with E-state index in [-0.39, 0.29) is 17.7 Å². The summed E-state index contributed by atoms with van der Waals surface area (Å²) in [5, 5.41) is 3.36. The van der Waals surface area contributed by atoms with Crippen LogP contribution in [-0.4, -0.2) is 65.1 Å². The number of piperazine rings is 1. The number of aryl methyl sites for hydroxylation is 1. The summed E-state index contributed by atoms with van der Waals surface area (Å²) in [4.78, 5) is 20.9. The molecule has 1 unspecified atom stereocenters. The Morgan fingerprint density at radius 2 is 2.14 bits per heavy atom. The molecule has 1 N–H and O–H groups in total. The number of alkyl halides is 2. The molecule has 0 spiro atoms. The number of rotatable bonds is 7. The van der Waals surface area contributed by atoms with E-state index in [0.29, 0.717) is 13.1 Å². The molecule has 28 heavy (non-hydrogen) atoms. The minimum absolute atomic E-state index is 0.00554. The number of benzene rings is 1. The van der Waals surface area contributed by atoms with Gasteiger partial charge in [-0.2, -0.15) is 8.78 Å². The Hall–Kier alpha value is -2.52. The lowest BCUT2D eigenvalue weighted by Gasteiger charge is -2.36. The number of aromatic nitrogens is 2. The molecule has 1 aliphatic rings. The zero-order chi connectivity index (χ0) is 20.1. The first-order valence-electron chi connectivity index (χ1n) is 9.13. The van der Waals surface area contributed by atoms with Crippen molar-refractivity contribution in [2.45, 2.75) is 19.2 Å². The van der Waals surface area contributed by atoms with Gasteiger partial charge in [-0.15, -0.1) is 0 Å². The molecule has 0 bridgehead atoms. The molecule has 152 valence electrons. The van der Waals surface area contributed by atoms with Crippen molar-refractivity contribution < 1.29 is 18.3 Å². The van der Waals surface area contributed by atoms with Gasteiger partial charge in [0, 0.05) is 52.7 Å². The second-order valence-electron chi connectivity index (χ2n) is 6.86. The summed E-state index contributed by atoms with van der Waals surface area (Å²) in [5.74, 6) is 1.03. The Morgan fingerprint density at radius 3 is 2.79 bits per heavy atom. The van der Waals surface area contributed by atoms with Gasteiger partial charge < -0.3 is 19.5 Å². The highest BCUT2D eigenvalue weighted by Gasteiger charge is 2.29. The predicted octanol–water partition coefficient (Wildman–Crippen LogP) is 1.63. The quantitative estimate of drug-likeness (QED) is 0.775. The van der Waals surface area contributed by atoms with Crippen LogP contribution in [0, 0.1) is 0 Å². The van der Waals surface area contributed by atoms with Crippen molar-refractivity contribution in [2.75, 3.05) is 33.2 Å². The second-order valence-corrected chi connectivity index (χ2v) is 6.86. The molecule has 1 aromatic heterocycles. The van der Waals surface area contributed by atoms with Crippen molar-refractivity contribution >= 4 is 5.91 Å². The number of likely N-dealkylation sites (N-methyl/N-ethyl adjacent to an activating group) is 1. The fourth-order valence-electron chi connectivity index (χ4n) is 3.32. The Labute approximate surface area is 162 Å². The fraction of sp³-hybridized carbons (Fsp3) is 0.474.